The van der Waals surface area contributed by atoms with Gasteiger partial charge in [-0.3, -0.25) is 0 Å². The number of rotatable bonds is 2. The third-order valence-corrected chi connectivity index (χ3v) is 2.39. The molecule has 88 valence electrons. The number of anilines is 1. The van der Waals surface area contributed by atoms with E-state index in [1.165, 1.54) is 7.11 Å². The molecule has 0 bridgehead atoms. The number of aromatic nitrogens is 1. The lowest BCUT2D eigenvalue weighted by Gasteiger charge is -1.95. The van der Waals surface area contributed by atoms with Gasteiger partial charge in [-0.1, -0.05) is 0 Å². The molecule has 0 atom stereocenters. The molecule has 0 aromatic carbocycles. The molecule has 2 N–H and O–H groups in total. The lowest BCUT2D eigenvalue weighted by Crippen LogP contribution is -2.00. The number of pyridine rings is 1. The Bertz CT molecular complexity index is 543. The van der Waals surface area contributed by atoms with Crippen molar-refractivity contribution in [2.45, 2.75) is 6.92 Å². The number of furan rings is 1. The molecule has 2 aromatic rings. The zero-order valence-corrected chi connectivity index (χ0v) is 9.56. The molecule has 17 heavy (non-hydrogen) atoms. The fourth-order valence-corrected chi connectivity index (χ4v) is 1.49. The molecular weight excluding hydrogens is 220 g/mol. The van der Waals surface area contributed by atoms with Crippen LogP contribution >= 0.6 is 0 Å². The van der Waals surface area contributed by atoms with E-state index in [0.717, 1.165) is 5.56 Å². The van der Waals surface area contributed by atoms with Crippen molar-refractivity contribution < 1.29 is 13.9 Å². The Hall–Kier alpha value is -2.30. The van der Waals surface area contributed by atoms with Crippen LogP contribution in [-0.2, 0) is 4.74 Å². The zero-order chi connectivity index (χ0) is 12.4. The molecule has 0 radical (unpaired) electrons. The van der Waals surface area contributed by atoms with Crippen LogP contribution in [-0.4, -0.2) is 18.1 Å². The van der Waals surface area contributed by atoms with Gasteiger partial charge in [0.25, 0.3) is 0 Å². The number of nitrogen functional groups attached to an aromatic ring is 1. The second-order valence-electron chi connectivity index (χ2n) is 3.54. The fourth-order valence-electron chi connectivity index (χ4n) is 1.49. The van der Waals surface area contributed by atoms with Crippen LogP contribution in [0.2, 0.25) is 0 Å². The van der Waals surface area contributed by atoms with Crippen LogP contribution < -0.4 is 5.73 Å². The minimum Gasteiger partial charge on any atom is -0.465 e. The molecular formula is C12H12N2O3. The number of hydrogen-bond acceptors (Lipinski definition) is 5. The van der Waals surface area contributed by atoms with Gasteiger partial charge in [0.1, 0.15) is 22.9 Å². The van der Waals surface area contributed by atoms with E-state index < -0.39 is 5.97 Å². The molecule has 0 aliphatic carbocycles. The van der Waals surface area contributed by atoms with Crippen molar-refractivity contribution in [2.75, 3.05) is 12.8 Å². The van der Waals surface area contributed by atoms with E-state index in [0.29, 0.717) is 22.9 Å². The summed E-state index contributed by atoms with van der Waals surface area (Å²) in [5, 5.41) is 0. The first-order valence-electron chi connectivity index (χ1n) is 5.02. The average Bonchev–Trinajstić information content (AvgIpc) is 2.71. The van der Waals surface area contributed by atoms with E-state index in [1.54, 1.807) is 31.3 Å². The van der Waals surface area contributed by atoms with Gasteiger partial charge in [0.2, 0.25) is 0 Å². The van der Waals surface area contributed by atoms with Crippen molar-refractivity contribution in [3.05, 3.63) is 35.7 Å². The van der Waals surface area contributed by atoms with Gasteiger partial charge >= 0.3 is 5.97 Å². The zero-order valence-electron chi connectivity index (χ0n) is 9.56. The van der Waals surface area contributed by atoms with Crippen molar-refractivity contribution in [3.8, 4) is 11.3 Å². The Morgan fingerprint density at radius 3 is 2.82 bits per heavy atom. The van der Waals surface area contributed by atoms with Crippen LogP contribution in [0.3, 0.4) is 0 Å². The number of methoxy groups -OCH3 is 1. The molecule has 0 unspecified atom stereocenters. The lowest BCUT2D eigenvalue weighted by atomic mass is 10.2. The van der Waals surface area contributed by atoms with Gasteiger partial charge in [0.05, 0.1) is 7.11 Å². The molecule has 0 fully saturated rings. The highest BCUT2D eigenvalue weighted by atomic mass is 16.5. The minimum absolute atomic E-state index is 0.416. The highest BCUT2D eigenvalue weighted by Gasteiger charge is 2.16. The van der Waals surface area contributed by atoms with Crippen molar-refractivity contribution >= 4 is 11.8 Å². The van der Waals surface area contributed by atoms with E-state index >= 15 is 0 Å². The van der Waals surface area contributed by atoms with Gasteiger partial charge in [-0.15, -0.1) is 0 Å². The SMILES string of the molecule is COC(=O)c1cc(-c2ccc(N)nc2)oc1C. The van der Waals surface area contributed by atoms with Gasteiger partial charge in [-0.25, -0.2) is 9.78 Å². The first-order chi connectivity index (χ1) is 8.11. The summed E-state index contributed by atoms with van der Waals surface area (Å²) in [6, 6.07) is 5.08. The normalized spacial score (nSPS) is 10.2. The van der Waals surface area contributed by atoms with E-state index in [2.05, 4.69) is 9.72 Å². The summed E-state index contributed by atoms with van der Waals surface area (Å²) in [5.41, 5.74) is 6.67. The maximum absolute atomic E-state index is 11.4. The summed E-state index contributed by atoms with van der Waals surface area (Å²) < 4.78 is 10.1. The van der Waals surface area contributed by atoms with E-state index in [4.69, 9.17) is 10.2 Å². The monoisotopic (exact) mass is 232 g/mol. The highest BCUT2D eigenvalue weighted by molar-refractivity contribution is 5.91. The molecule has 0 spiro atoms. The number of carbonyl (C=O) groups excluding carboxylic acids is 1. The van der Waals surface area contributed by atoms with Gasteiger partial charge in [-0.2, -0.15) is 0 Å². The number of nitrogens with two attached hydrogens (primary N) is 1. The van der Waals surface area contributed by atoms with Gasteiger partial charge < -0.3 is 14.9 Å². The molecule has 2 heterocycles. The quantitative estimate of drug-likeness (QED) is 0.801. The molecule has 5 nitrogen and oxygen atoms in total. The van der Waals surface area contributed by atoms with Crippen LogP contribution in [0.15, 0.2) is 28.8 Å². The Morgan fingerprint density at radius 2 is 2.24 bits per heavy atom. The third kappa shape index (κ3) is 2.13. The van der Waals surface area contributed by atoms with E-state index in [1.807, 2.05) is 0 Å². The Morgan fingerprint density at radius 1 is 1.47 bits per heavy atom. The molecule has 5 heteroatoms. The topological polar surface area (TPSA) is 78.4 Å². The molecule has 0 aliphatic rings. The first kappa shape index (κ1) is 11.2. The summed E-state index contributed by atoms with van der Waals surface area (Å²) in [5.74, 6) is 1.10. The first-order valence-corrected chi connectivity index (χ1v) is 5.02. The molecule has 0 saturated heterocycles. The number of esters is 1. The predicted octanol–water partition coefficient (Wildman–Crippen LogP) is 2.02. The van der Waals surface area contributed by atoms with E-state index in [9.17, 15) is 4.79 Å². The van der Waals surface area contributed by atoms with Gasteiger partial charge in [0.15, 0.2) is 0 Å². The maximum Gasteiger partial charge on any atom is 0.341 e. The average molecular weight is 232 g/mol. The molecule has 0 saturated carbocycles. The fraction of sp³-hybridized carbons (Fsp3) is 0.167. The highest BCUT2D eigenvalue weighted by Crippen LogP contribution is 2.25. The van der Waals surface area contributed by atoms with Crippen LogP contribution in [0, 0.1) is 6.92 Å². The summed E-state index contributed by atoms with van der Waals surface area (Å²) in [6.45, 7) is 1.71. The Kier molecular flexibility index (Phi) is 2.82. The Labute approximate surface area is 98.2 Å². The largest absolute Gasteiger partial charge is 0.465 e. The summed E-state index contributed by atoms with van der Waals surface area (Å²) in [6.07, 6.45) is 1.59. The molecule has 0 amide bonds. The summed E-state index contributed by atoms with van der Waals surface area (Å²) >= 11 is 0. The van der Waals surface area contributed by atoms with Crippen LogP contribution in [0.25, 0.3) is 11.3 Å². The number of carbonyl (C=O) groups is 1. The number of aryl methyl sites for hydroxylation is 1. The Balaban J connectivity index is 2.41. The smallest absolute Gasteiger partial charge is 0.341 e. The minimum atomic E-state index is -0.416. The second-order valence-corrected chi connectivity index (χ2v) is 3.54. The van der Waals surface area contributed by atoms with Crippen molar-refractivity contribution in [2.24, 2.45) is 0 Å². The van der Waals surface area contributed by atoms with Crippen LogP contribution in [0.5, 0.6) is 0 Å². The van der Waals surface area contributed by atoms with Crippen molar-refractivity contribution in [1.29, 1.82) is 0 Å². The summed E-state index contributed by atoms with van der Waals surface area (Å²) in [4.78, 5) is 15.4. The van der Waals surface area contributed by atoms with E-state index in [-0.39, 0.29) is 0 Å². The van der Waals surface area contributed by atoms with Crippen LogP contribution in [0.1, 0.15) is 16.1 Å². The van der Waals surface area contributed by atoms with Gasteiger partial charge in [-0.05, 0) is 25.1 Å². The third-order valence-electron chi connectivity index (χ3n) is 2.39. The maximum atomic E-state index is 11.4. The number of nitrogens with zero attached hydrogens (tertiary/aromatic N) is 1. The van der Waals surface area contributed by atoms with Crippen molar-refractivity contribution in [3.63, 3.8) is 0 Å². The molecule has 2 rings (SSSR count). The second kappa shape index (κ2) is 4.29. The standard InChI is InChI=1S/C12H12N2O3/c1-7-9(12(15)16-2)5-10(17-7)8-3-4-11(13)14-6-8/h3-6H,1-2H3,(H2,13,14). The molecule has 2 aromatic heterocycles. The molecule has 0 aliphatic heterocycles. The van der Waals surface area contributed by atoms with Crippen LogP contribution in [0.4, 0.5) is 5.82 Å². The predicted molar refractivity (Wildman–Crippen MR) is 62.4 cm³/mol. The lowest BCUT2D eigenvalue weighted by molar-refractivity contribution is 0.0599. The summed E-state index contributed by atoms with van der Waals surface area (Å²) in [7, 11) is 1.33. The van der Waals surface area contributed by atoms with Gasteiger partial charge in [0, 0.05) is 11.8 Å². The number of hydrogen-bond donors (Lipinski definition) is 1. The van der Waals surface area contributed by atoms with Crippen molar-refractivity contribution in [1.82, 2.24) is 4.98 Å². The number of ether oxygens (including phenoxy) is 1.